The Kier molecular flexibility index (Phi) is 4.26. The van der Waals surface area contributed by atoms with Crippen molar-refractivity contribution in [2.75, 3.05) is 13.2 Å². The van der Waals surface area contributed by atoms with Crippen LogP contribution < -0.4 is 10.9 Å². The van der Waals surface area contributed by atoms with Gasteiger partial charge in [0, 0.05) is 30.8 Å². The van der Waals surface area contributed by atoms with Crippen LogP contribution >= 0.6 is 0 Å². The summed E-state index contributed by atoms with van der Waals surface area (Å²) >= 11 is 0. The molecule has 1 saturated heterocycles. The van der Waals surface area contributed by atoms with Crippen molar-refractivity contribution in [3.8, 4) is 0 Å². The van der Waals surface area contributed by atoms with Crippen LogP contribution in [-0.2, 0) is 11.2 Å². The van der Waals surface area contributed by atoms with Gasteiger partial charge >= 0.3 is 0 Å². The first-order chi connectivity index (χ1) is 12.6. The Balaban J connectivity index is 1.52. The molecule has 0 aromatic carbocycles. The number of fused-ring (bicyclic) bond motifs is 1. The summed E-state index contributed by atoms with van der Waals surface area (Å²) in [5.74, 6) is 0.363. The minimum Gasteiger partial charge on any atom is -0.379 e. The first kappa shape index (κ1) is 16.5. The molecule has 1 aliphatic rings. The van der Waals surface area contributed by atoms with E-state index in [0.29, 0.717) is 25.3 Å². The summed E-state index contributed by atoms with van der Waals surface area (Å²) in [4.78, 5) is 29.3. The van der Waals surface area contributed by atoms with Crippen LogP contribution in [0.1, 0.15) is 21.8 Å². The number of nitrogens with one attached hydrogen (secondary N) is 1. The van der Waals surface area contributed by atoms with E-state index >= 15 is 0 Å². The number of pyridine rings is 1. The third-order valence-electron chi connectivity index (χ3n) is 4.51. The molecular weight excluding hydrogens is 336 g/mol. The zero-order chi connectivity index (χ0) is 18.1. The number of nitrogens with zero attached hydrogens (tertiary/aromatic N) is 3. The Bertz CT molecular complexity index is 1010. The fourth-order valence-corrected chi connectivity index (χ4v) is 3.16. The van der Waals surface area contributed by atoms with Gasteiger partial charge in [-0.3, -0.25) is 14.0 Å². The van der Waals surface area contributed by atoms with E-state index in [1.54, 1.807) is 24.4 Å². The molecule has 3 aromatic rings. The van der Waals surface area contributed by atoms with Crippen molar-refractivity contribution in [2.24, 2.45) is 5.92 Å². The Morgan fingerprint density at radius 1 is 1.38 bits per heavy atom. The van der Waals surface area contributed by atoms with Gasteiger partial charge < -0.3 is 14.6 Å². The third-order valence-corrected chi connectivity index (χ3v) is 4.51. The van der Waals surface area contributed by atoms with Gasteiger partial charge in [-0.25, -0.2) is 4.98 Å². The Hall–Kier alpha value is -3.00. The average Bonchev–Trinajstić information content (AvgIpc) is 3.25. The van der Waals surface area contributed by atoms with Gasteiger partial charge in [0.1, 0.15) is 17.0 Å². The molecule has 0 spiro atoms. The molecule has 3 aromatic heterocycles. The number of hydrogen-bond acceptors (Lipinski definition) is 6. The van der Waals surface area contributed by atoms with Gasteiger partial charge in [0.25, 0.3) is 11.5 Å². The van der Waals surface area contributed by atoms with Gasteiger partial charge in [-0.1, -0.05) is 11.2 Å². The van der Waals surface area contributed by atoms with Gasteiger partial charge in [0.15, 0.2) is 0 Å². The number of aromatic nitrogens is 3. The lowest BCUT2D eigenvalue weighted by molar-refractivity contribution is 0.0922. The van der Waals surface area contributed by atoms with Gasteiger partial charge in [-0.15, -0.1) is 0 Å². The molecule has 8 nitrogen and oxygen atoms in total. The second-order valence-corrected chi connectivity index (χ2v) is 6.42. The highest BCUT2D eigenvalue weighted by molar-refractivity contribution is 5.94. The molecule has 8 heteroatoms. The van der Waals surface area contributed by atoms with Crippen LogP contribution in [0.2, 0.25) is 0 Å². The first-order valence-electron chi connectivity index (χ1n) is 8.39. The number of rotatable bonds is 4. The molecule has 0 radical (unpaired) electrons. The standard InChI is InChI=1S/C18H18N4O4/c1-11-6-13(26-21-11)7-12-9-25-10-15(12)20-17(23)14-8-19-16-4-2-3-5-22(16)18(14)24/h2-6,8,12,15H,7,9-10H2,1H3,(H,20,23). The van der Waals surface area contributed by atoms with Gasteiger partial charge in [0.2, 0.25) is 0 Å². The zero-order valence-corrected chi connectivity index (χ0v) is 14.2. The number of ether oxygens (including phenoxy) is 1. The van der Waals surface area contributed by atoms with Crippen molar-refractivity contribution in [3.63, 3.8) is 0 Å². The highest BCUT2D eigenvalue weighted by Crippen LogP contribution is 2.20. The molecule has 1 amide bonds. The molecule has 0 aliphatic carbocycles. The predicted octanol–water partition coefficient (Wildman–Crippen LogP) is 0.978. The van der Waals surface area contributed by atoms with E-state index in [2.05, 4.69) is 15.5 Å². The number of amides is 1. The molecule has 2 unspecified atom stereocenters. The molecule has 0 saturated carbocycles. The fraction of sp³-hybridized carbons (Fsp3) is 0.333. The van der Waals surface area contributed by atoms with Crippen LogP contribution in [0.15, 0.2) is 46.0 Å². The minimum atomic E-state index is -0.449. The lowest BCUT2D eigenvalue weighted by Gasteiger charge is -2.17. The number of hydrogen-bond donors (Lipinski definition) is 1. The number of aryl methyl sites for hydroxylation is 1. The van der Waals surface area contributed by atoms with Gasteiger partial charge in [0.05, 0.1) is 24.9 Å². The highest BCUT2D eigenvalue weighted by atomic mass is 16.5. The van der Waals surface area contributed by atoms with Gasteiger partial charge in [-0.2, -0.15) is 0 Å². The van der Waals surface area contributed by atoms with Crippen LogP contribution in [0.3, 0.4) is 0 Å². The summed E-state index contributed by atoms with van der Waals surface area (Å²) in [6.45, 7) is 2.77. The maximum Gasteiger partial charge on any atom is 0.270 e. The minimum absolute atomic E-state index is 0.00913. The lowest BCUT2D eigenvalue weighted by atomic mass is 9.98. The Morgan fingerprint density at radius 2 is 2.27 bits per heavy atom. The van der Waals surface area contributed by atoms with Crippen molar-refractivity contribution in [1.82, 2.24) is 19.9 Å². The molecule has 134 valence electrons. The number of carbonyl (C=O) groups excluding carboxylic acids is 1. The molecule has 4 rings (SSSR count). The van der Waals surface area contributed by atoms with Crippen LogP contribution in [0.25, 0.3) is 5.65 Å². The lowest BCUT2D eigenvalue weighted by Crippen LogP contribution is -2.42. The summed E-state index contributed by atoms with van der Waals surface area (Å²) in [6, 6.07) is 6.88. The van der Waals surface area contributed by atoms with Crippen LogP contribution in [0.5, 0.6) is 0 Å². The maximum atomic E-state index is 12.6. The molecule has 1 N–H and O–H groups in total. The second-order valence-electron chi connectivity index (χ2n) is 6.42. The van der Waals surface area contributed by atoms with Crippen LogP contribution in [-0.4, -0.2) is 39.7 Å². The highest BCUT2D eigenvalue weighted by Gasteiger charge is 2.31. The summed E-state index contributed by atoms with van der Waals surface area (Å²) in [6.07, 6.45) is 3.52. The van der Waals surface area contributed by atoms with E-state index in [-0.39, 0.29) is 17.5 Å². The van der Waals surface area contributed by atoms with Crippen LogP contribution in [0, 0.1) is 12.8 Å². The maximum absolute atomic E-state index is 12.6. The van der Waals surface area contributed by atoms with E-state index in [9.17, 15) is 9.59 Å². The van der Waals surface area contributed by atoms with Crippen molar-refractivity contribution in [2.45, 2.75) is 19.4 Å². The van der Waals surface area contributed by atoms with Crippen molar-refractivity contribution in [1.29, 1.82) is 0 Å². The van der Waals surface area contributed by atoms with Crippen molar-refractivity contribution in [3.05, 3.63) is 64.0 Å². The van der Waals surface area contributed by atoms with Crippen molar-refractivity contribution < 1.29 is 14.1 Å². The summed E-state index contributed by atoms with van der Waals surface area (Å²) in [7, 11) is 0. The number of carbonyl (C=O) groups is 1. The van der Waals surface area contributed by atoms with Gasteiger partial charge in [-0.05, 0) is 19.1 Å². The largest absolute Gasteiger partial charge is 0.379 e. The normalized spacial score (nSPS) is 19.7. The first-order valence-corrected chi connectivity index (χ1v) is 8.39. The quantitative estimate of drug-likeness (QED) is 0.750. The van der Waals surface area contributed by atoms with E-state index in [4.69, 9.17) is 9.26 Å². The fourth-order valence-electron chi connectivity index (χ4n) is 3.16. The molecule has 0 bridgehead atoms. The van der Waals surface area contributed by atoms with E-state index in [1.807, 2.05) is 13.0 Å². The smallest absolute Gasteiger partial charge is 0.270 e. The van der Waals surface area contributed by atoms with E-state index < -0.39 is 11.5 Å². The molecule has 2 atom stereocenters. The molecule has 1 fully saturated rings. The predicted molar refractivity (Wildman–Crippen MR) is 92.0 cm³/mol. The van der Waals surface area contributed by atoms with E-state index in [0.717, 1.165) is 11.5 Å². The third kappa shape index (κ3) is 3.11. The Labute approximate surface area is 148 Å². The average molecular weight is 354 g/mol. The molecule has 26 heavy (non-hydrogen) atoms. The molecule has 4 heterocycles. The zero-order valence-electron chi connectivity index (χ0n) is 14.2. The van der Waals surface area contributed by atoms with Crippen LogP contribution in [0.4, 0.5) is 0 Å². The van der Waals surface area contributed by atoms with Crippen molar-refractivity contribution >= 4 is 11.6 Å². The van der Waals surface area contributed by atoms with E-state index in [1.165, 1.54) is 10.6 Å². The summed E-state index contributed by atoms with van der Waals surface area (Å²) in [5.41, 5.74) is 0.927. The SMILES string of the molecule is Cc1cc(CC2COCC2NC(=O)c2cnc3ccccn3c2=O)on1. The molecule has 1 aliphatic heterocycles. The summed E-state index contributed by atoms with van der Waals surface area (Å²) in [5, 5.41) is 6.78. The second kappa shape index (κ2) is 6.72. The molecular formula is C18H18N4O4. The summed E-state index contributed by atoms with van der Waals surface area (Å²) < 4.78 is 12.1. The topological polar surface area (TPSA) is 98.7 Å². The monoisotopic (exact) mass is 354 g/mol. The Morgan fingerprint density at radius 3 is 3.08 bits per heavy atom.